The predicted octanol–water partition coefficient (Wildman–Crippen LogP) is 1.96. The summed E-state index contributed by atoms with van der Waals surface area (Å²) in [5, 5.41) is 3.77. The lowest BCUT2D eigenvalue weighted by Gasteiger charge is -2.14. The number of thiophene rings is 1. The molecule has 6 nitrogen and oxygen atoms in total. The highest BCUT2D eigenvalue weighted by Gasteiger charge is 2.35. The van der Waals surface area contributed by atoms with Crippen LogP contribution in [-0.2, 0) is 10.0 Å². The fourth-order valence-electron chi connectivity index (χ4n) is 2.08. The van der Waals surface area contributed by atoms with E-state index in [9.17, 15) is 8.42 Å². The van der Waals surface area contributed by atoms with E-state index < -0.39 is 10.0 Å². The van der Waals surface area contributed by atoms with Gasteiger partial charge in [-0.15, -0.1) is 11.3 Å². The van der Waals surface area contributed by atoms with Gasteiger partial charge in [0.2, 0.25) is 6.39 Å². The molecule has 1 aliphatic rings. The molecule has 0 saturated carbocycles. The zero-order valence-electron chi connectivity index (χ0n) is 9.69. The summed E-state index contributed by atoms with van der Waals surface area (Å²) < 4.78 is 31.6. The van der Waals surface area contributed by atoms with Crippen LogP contribution >= 0.6 is 22.9 Å². The van der Waals surface area contributed by atoms with Crippen LogP contribution in [0.3, 0.4) is 0 Å². The Kier molecular flexibility index (Phi) is 3.34. The first-order valence-electron chi connectivity index (χ1n) is 5.59. The molecule has 1 fully saturated rings. The lowest BCUT2D eigenvalue weighted by atomic mass is 10.1. The molecule has 19 heavy (non-hydrogen) atoms. The van der Waals surface area contributed by atoms with E-state index in [1.165, 1.54) is 16.8 Å². The molecule has 3 rings (SSSR count). The van der Waals surface area contributed by atoms with Crippen molar-refractivity contribution in [1.82, 2.24) is 14.4 Å². The van der Waals surface area contributed by atoms with E-state index in [0.29, 0.717) is 29.7 Å². The number of halogens is 1. The molecule has 0 radical (unpaired) electrons. The normalized spacial score (nSPS) is 21.0. The zero-order chi connectivity index (χ0) is 13.5. The van der Waals surface area contributed by atoms with Gasteiger partial charge in [0.05, 0.1) is 4.34 Å². The quantitative estimate of drug-likeness (QED) is 0.864. The Labute approximate surface area is 119 Å². The minimum absolute atomic E-state index is 0.0102. The van der Waals surface area contributed by atoms with E-state index in [0.717, 1.165) is 11.3 Å². The lowest BCUT2D eigenvalue weighted by Crippen LogP contribution is -2.28. The Morgan fingerprint density at radius 1 is 1.47 bits per heavy atom. The summed E-state index contributed by atoms with van der Waals surface area (Å²) in [5.74, 6) is 0.547. The Balaban J connectivity index is 1.81. The average molecular weight is 320 g/mol. The monoisotopic (exact) mass is 319 g/mol. The van der Waals surface area contributed by atoms with Crippen molar-refractivity contribution in [3.05, 3.63) is 28.7 Å². The topological polar surface area (TPSA) is 76.3 Å². The molecule has 0 aliphatic carbocycles. The molecule has 0 aromatic carbocycles. The van der Waals surface area contributed by atoms with Gasteiger partial charge in [0.25, 0.3) is 10.0 Å². The van der Waals surface area contributed by atoms with Crippen molar-refractivity contribution in [2.24, 2.45) is 0 Å². The summed E-state index contributed by atoms with van der Waals surface area (Å²) in [6.45, 7) is 0.828. The molecule has 0 bridgehead atoms. The largest absolute Gasteiger partial charge is 0.343 e. The number of hydrogen-bond acceptors (Lipinski definition) is 6. The standard InChI is InChI=1S/C10H10ClN3O3S2/c11-8-1-2-9(18-8)19(15,16)14-4-3-7(5-14)10-12-6-17-13-10/h1-2,6-7H,3-5H2. The molecular formula is C10H10ClN3O3S2. The molecule has 0 amide bonds. The Hall–Kier alpha value is -0.960. The van der Waals surface area contributed by atoms with Gasteiger partial charge in [0, 0.05) is 19.0 Å². The van der Waals surface area contributed by atoms with Crippen molar-refractivity contribution in [2.75, 3.05) is 13.1 Å². The fraction of sp³-hybridized carbons (Fsp3) is 0.400. The first-order valence-corrected chi connectivity index (χ1v) is 8.22. The minimum atomic E-state index is -3.46. The molecule has 1 unspecified atom stereocenters. The number of nitrogens with zero attached hydrogens (tertiary/aromatic N) is 3. The van der Waals surface area contributed by atoms with Crippen molar-refractivity contribution in [3.8, 4) is 0 Å². The summed E-state index contributed by atoms with van der Waals surface area (Å²) in [7, 11) is -3.46. The van der Waals surface area contributed by atoms with Gasteiger partial charge in [-0.25, -0.2) is 8.42 Å². The van der Waals surface area contributed by atoms with E-state index >= 15 is 0 Å². The van der Waals surface area contributed by atoms with E-state index in [1.54, 1.807) is 6.07 Å². The van der Waals surface area contributed by atoms with Crippen molar-refractivity contribution in [2.45, 2.75) is 16.5 Å². The SMILES string of the molecule is O=S(=O)(c1ccc(Cl)s1)N1CCC(c2ncon2)C1. The van der Waals surface area contributed by atoms with Crippen LogP contribution in [0, 0.1) is 0 Å². The highest BCUT2D eigenvalue weighted by molar-refractivity contribution is 7.91. The second kappa shape index (κ2) is 4.86. The number of hydrogen-bond donors (Lipinski definition) is 0. The third-order valence-electron chi connectivity index (χ3n) is 3.04. The van der Waals surface area contributed by atoms with Crippen LogP contribution in [0.15, 0.2) is 27.3 Å². The van der Waals surface area contributed by atoms with Gasteiger partial charge >= 0.3 is 0 Å². The molecule has 102 valence electrons. The second-order valence-corrected chi connectivity index (χ2v) is 8.08. The molecule has 2 aromatic rings. The smallest absolute Gasteiger partial charge is 0.252 e. The Morgan fingerprint density at radius 2 is 2.32 bits per heavy atom. The molecule has 3 heterocycles. The van der Waals surface area contributed by atoms with Gasteiger partial charge in [-0.05, 0) is 18.6 Å². The van der Waals surface area contributed by atoms with Gasteiger partial charge in [0.15, 0.2) is 5.82 Å². The first kappa shape index (κ1) is 13.0. The molecule has 9 heteroatoms. The Bertz CT molecular complexity index is 668. The van der Waals surface area contributed by atoms with Crippen LogP contribution in [0.4, 0.5) is 0 Å². The third kappa shape index (κ3) is 2.40. The highest BCUT2D eigenvalue weighted by atomic mass is 35.5. The van der Waals surface area contributed by atoms with Crippen LogP contribution in [0.1, 0.15) is 18.2 Å². The molecule has 1 atom stereocenters. The van der Waals surface area contributed by atoms with Gasteiger partial charge in [0.1, 0.15) is 4.21 Å². The summed E-state index contributed by atoms with van der Waals surface area (Å²) in [6.07, 6.45) is 1.95. The number of rotatable bonds is 3. The van der Waals surface area contributed by atoms with Crippen molar-refractivity contribution >= 4 is 33.0 Å². The summed E-state index contributed by atoms with van der Waals surface area (Å²) in [6, 6.07) is 3.12. The number of sulfonamides is 1. The summed E-state index contributed by atoms with van der Waals surface area (Å²) >= 11 is 6.85. The fourth-order valence-corrected chi connectivity index (χ4v) is 5.22. The van der Waals surface area contributed by atoms with Gasteiger partial charge < -0.3 is 4.52 Å². The summed E-state index contributed by atoms with van der Waals surface area (Å²) in [4.78, 5) is 3.97. The van der Waals surface area contributed by atoms with Crippen LogP contribution in [0.2, 0.25) is 4.34 Å². The van der Waals surface area contributed by atoms with E-state index in [1.807, 2.05) is 0 Å². The molecular weight excluding hydrogens is 310 g/mol. The predicted molar refractivity (Wildman–Crippen MR) is 69.7 cm³/mol. The maximum absolute atomic E-state index is 12.4. The van der Waals surface area contributed by atoms with Crippen LogP contribution in [0.25, 0.3) is 0 Å². The van der Waals surface area contributed by atoms with Crippen molar-refractivity contribution < 1.29 is 12.9 Å². The Morgan fingerprint density at radius 3 is 2.95 bits per heavy atom. The molecule has 1 aliphatic heterocycles. The zero-order valence-corrected chi connectivity index (χ0v) is 12.1. The van der Waals surface area contributed by atoms with E-state index in [2.05, 4.69) is 10.1 Å². The molecule has 0 N–H and O–H groups in total. The lowest BCUT2D eigenvalue weighted by molar-refractivity contribution is 0.403. The number of aromatic nitrogens is 2. The van der Waals surface area contributed by atoms with Crippen LogP contribution in [-0.4, -0.2) is 36.0 Å². The maximum Gasteiger partial charge on any atom is 0.252 e. The molecule has 1 saturated heterocycles. The average Bonchev–Trinajstić information content (AvgIpc) is 3.10. The summed E-state index contributed by atoms with van der Waals surface area (Å²) in [5.41, 5.74) is 0. The van der Waals surface area contributed by atoms with E-state index in [4.69, 9.17) is 16.1 Å². The minimum Gasteiger partial charge on any atom is -0.343 e. The second-order valence-electron chi connectivity index (χ2n) is 4.20. The van der Waals surface area contributed by atoms with Gasteiger partial charge in [-0.3, -0.25) is 0 Å². The van der Waals surface area contributed by atoms with Crippen molar-refractivity contribution in [3.63, 3.8) is 0 Å². The first-order chi connectivity index (χ1) is 9.07. The third-order valence-corrected chi connectivity index (χ3v) is 6.60. The van der Waals surface area contributed by atoms with Gasteiger partial charge in [-0.2, -0.15) is 9.29 Å². The molecule has 0 spiro atoms. The van der Waals surface area contributed by atoms with Gasteiger partial charge in [-0.1, -0.05) is 16.8 Å². The van der Waals surface area contributed by atoms with E-state index in [-0.39, 0.29) is 10.1 Å². The highest BCUT2D eigenvalue weighted by Crippen LogP contribution is 2.33. The van der Waals surface area contributed by atoms with Crippen LogP contribution in [0.5, 0.6) is 0 Å². The molecule has 2 aromatic heterocycles. The van der Waals surface area contributed by atoms with Crippen molar-refractivity contribution in [1.29, 1.82) is 0 Å². The maximum atomic E-state index is 12.4. The van der Waals surface area contributed by atoms with Crippen LogP contribution < -0.4 is 0 Å².